The van der Waals surface area contributed by atoms with Gasteiger partial charge in [0.05, 0.1) is 6.61 Å². The first-order valence-corrected chi connectivity index (χ1v) is 8.83. The Morgan fingerprint density at radius 2 is 1.85 bits per heavy atom. The Kier molecular flexibility index (Phi) is 5.00. The van der Waals surface area contributed by atoms with E-state index in [4.69, 9.17) is 16.2 Å². The minimum Gasteiger partial charge on any atom is -0.494 e. The first-order valence-electron chi connectivity index (χ1n) is 8.83. The maximum Gasteiger partial charge on any atom is 0.251 e. The van der Waals surface area contributed by atoms with Gasteiger partial charge in [-0.3, -0.25) is 4.79 Å². The standard InChI is InChI=1S/C21H25N3O2/c1-3-14-12-15-4-5-16(13-19(15)24-20(14)25)21(2,23)10-11-26-18-8-6-17(22)7-9-18/h4-9,12-13H,3,10-11,22-23H2,1-2H3,(H,24,25). The number of H-pyrrole nitrogens is 1. The smallest absolute Gasteiger partial charge is 0.251 e. The Morgan fingerprint density at radius 3 is 2.54 bits per heavy atom. The second kappa shape index (κ2) is 7.22. The molecule has 0 amide bonds. The third kappa shape index (κ3) is 3.89. The lowest BCUT2D eigenvalue weighted by Gasteiger charge is -2.25. The van der Waals surface area contributed by atoms with E-state index in [1.54, 1.807) is 12.1 Å². The molecule has 0 aliphatic carbocycles. The molecule has 0 bridgehead atoms. The molecule has 0 spiro atoms. The highest BCUT2D eigenvalue weighted by Crippen LogP contribution is 2.25. The second-order valence-electron chi connectivity index (χ2n) is 6.86. The quantitative estimate of drug-likeness (QED) is 0.594. The van der Waals surface area contributed by atoms with Crippen LogP contribution in [0, 0.1) is 0 Å². The van der Waals surface area contributed by atoms with Crippen LogP contribution in [0.1, 0.15) is 31.4 Å². The predicted molar refractivity (Wildman–Crippen MR) is 106 cm³/mol. The Bertz CT molecular complexity index is 959. The number of nitrogens with one attached hydrogen (secondary N) is 1. The molecule has 0 saturated carbocycles. The Labute approximate surface area is 153 Å². The molecule has 1 unspecified atom stereocenters. The summed E-state index contributed by atoms with van der Waals surface area (Å²) in [4.78, 5) is 15.0. The summed E-state index contributed by atoms with van der Waals surface area (Å²) in [5, 5.41) is 1.01. The lowest BCUT2D eigenvalue weighted by atomic mass is 9.89. The first kappa shape index (κ1) is 18.0. The van der Waals surface area contributed by atoms with Crippen molar-refractivity contribution in [2.45, 2.75) is 32.2 Å². The van der Waals surface area contributed by atoms with Crippen LogP contribution < -0.4 is 21.8 Å². The monoisotopic (exact) mass is 351 g/mol. The zero-order chi connectivity index (χ0) is 18.7. The lowest BCUT2D eigenvalue weighted by molar-refractivity contribution is 0.267. The number of nitrogens with two attached hydrogens (primary N) is 2. The van der Waals surface area contributed by atoms with Crippen LogP contribution in [0.5, 0.6) is 5.75 Å². The van der Waals surface area contributed by atoms with Crippen LogP contribution in [-0.4, -0.2) is 11.6 Å². The molecule has 3 aromatic rings. The fraction of sp³-hybridized carbons (Fsp3) is 0.286. The molecule has 0 fully saturated rings. The van der Waals surface area contributed by atoms with E-state index in [2.05, 4.69) is 4.98 Å². The summed E-state index contributed by atoms with van der Waals surface area (Å²) in [5.41, 5.74) is 14.9. The molecule has 1 aromatic heterocycles. The van der Waals surface area contributed by atoms with E-state index < -0.39 is 5.54 Å². The zero-order valence-electron chi connectivity index (χ0n) is 15.2. The minimum absolute atomic E-state index is 0.0393. The van der Waals surface area contributed by atoms with Crippen LogP contribution in [0.15, 0.2) is 53.3 Å². The molecular weight excluding hydrogens is 326 g/mol. The summed E-state index contributed by atoms with van der Waals surface area (Å²) in [6.45, 7) is 4.43. The van der Waals surface area contributed by atoms with Gasteiger partial charge in [-0.15, -0.1) is 0 Å². The first-order chi connectivity index (χ1) is 12.4. The van der Waals surface area contributed by atoms with Crippen molar-refractivity contribution in [3.05, 3.63) is 70.0 Å². The molecular formula is C21H25N3O2. The Balaban J connectivity index is 1.75. The summed E-state index contributed by atoms with van der Waals surface area (Å²) in [6.07, 6.45) is 1.35. The predicted octanol–water partition coefficient (Wildman–Crippen LogP) is 3.32. The maximum absolute atomic E-state index is 12.1. The van der Waals surface area contributed by atoms with E-state index in [0.717, 1.165) is 27.8 Å². The van der Waals surface area contributed by atoms with Crippen LogP contribution in [0.4, 0.5) is 5.69 Å². The van der Waals surface area contributed by atoms with Crippen LogP contribution in [0.25, 0.3) is 10.9 Å². The third-order valence-corrected chi connectivity index (χ3v) is 4.73. The van der Waals surface area contributed by atoms with Crippen LogP contribution in [0.3, 0.4) is 0 Å². The molecule has 2 aromatic carbocycles. The van der Waals surface area contributed by atoms with Crippen molar-refractivity contribution in [1.29, 1.82) is 0 Å². The molecule has 1 atom stereocenters. The molecule has 0 saturated heterocycles. The molecule has 0 radical (unpaired) electrons. The van der Waals surface area contributed by atoms with Gasteiger partial charge in [0, 0.05) is 28.7 Å². The average molecular weight is 351 g/mol. The minimum atomic E-state index is -0.567. The summed E-state index contributed by atoms with van der Waals surface area (Å²) >= 11 is 0. The summed E-state index contributed by atoms with van der Waals surface area (Å²) < 4.78 is 5.76. The van der Waals surface area contributed by atoms with Gasteiger partial charge in [-0.05, 0) is 60.7 Å². The van der Waals surface area contributed by atoms with Crippen molar-refractivity contribution >= 4 is 16.6 Å². The fourth-order valence-electron chi connectivity index (χ4n) is 2.95. The van der Waals surface area contributed by atoms with E-state index in [9.17, 15) is 4.79 Å². The van der Waals surface area contributed by atoms with Crippen molar-refractivity contribution in [3.63, 3.8) is 0 Å². The normalized spacial score (nSPS) is 13.5. The SMILES string of the molecule is CCc1cc2ccc(C(C)(N)CCOc3ccc(N)cc3)cc2[nH]c1=O. The van der Waals surface area contributed by atoms with E-state index >= 15 is 0 Å². The van der Waals surface area contributed by atoms with Gasteiger partial charge in [0.25, 0.3) is 5.56 Å². The van der Waals surface area contributed by atoms with Gasteiger partial charge in [-0.2, -0.15) is 0 Å². The van der Waals surface area contributed by atoms with Crippen LogP contribution in [-0.2, 0) is 12.0 Å². The van der Waals surface area contributed by atoms with Gasteiger partial charge >= 0.3 is 0 Å². The number of benzene rings is 2. The third-order valence-electron chi connectivity index (χ3n) is 4.73. The number of fused-ring (bicyclic) bond motifs is 1. The molecule has 0 aliphatic heterocycles. The molecule has 136 valence electrons. The number of rotatable bonds is 6. The maximum atomic E-state index is 12.1. The van der Waals surface area contributed by atoms with Crippen molar-refractivity contribution in [3.8, 4) is 5.75 Å². The van der Waals surface area contributed by atoms with Gasteiger partial charge in [0.1, 0.15) is 5.75 Å². The van der Waals surface area contributed by atoms with Gasteiger partial charge in [0.2, 0.25) is 0 Å². The molecule has 26 heavy (non-hydrogen) atoms. The zero-order valence-corrected chi connectivity index (χ0v) is 15.2. The van der Waals surface area contributed by atoms with Crippen molar-refractivity contribution in [1.82, 2.24) is 4.98 Å². The van der Waals surface area contributed by atoms with Crippen molar-refractivity contribution in [2.24, 2.45) is 5.73 Å². The van der Waals surface area contributed by atoms with Crippen molar-refractivity contribution in [2.75, 3.05) is 12.3 Å². The van der Waals surface area contributed by atoms with Gasteiger partial charge < -0.3 is 21.2 Å². The van der Waals surface area contributed by atoms with Gasteiger partial charge in [-0.1, -0.05) is 19.1 Å². The Hall–Kier alpha value is -2.79. The second-order valence-corrected chi connectivity index (χ2v) is 6.86. The average Bonchev–Trinajstić information content (AvgIpc) is 2.62. The van der Waals surface area contributed by atoms with Crippen LogP contribution >= 0.6 is 0 Å². The molecule has 1 heterocycles. The largest absolute Gasteiger partial charge is 0.494 e. The molecule has 5 N–H and O–H groups in total. The number of aryl methyl sites for hydroxylation is 1. The number of aromatic nitrogens is 1. The summed E-state index contributed by atoms with van der Waals surface area (Å²) in [6, 6.07) is 15.2. The van der Waals surface area contributed by atoms with E-state index in [-0.39, 0.29) is 5.56 Å². The van der Waals surface area contributed by atoms with E-state index in [1.165, 1.54) is 0 Å². The summed E-state index contributed by atoms with van der Waals surface area (Å²) in [7, 11) is 0. The van der Waals surface area contributed by atoms with Crippen molar-refractivity contribution < 1.29 is 4.74 Å². The topological polar surface area (TPSA) is 94.1 Å². The lowest BCUT2D eigenvalue weighted by Crippen LogP contribution is -2.34. The number of hydrogen-bond donors (Lipinski definition) is 3. The number of ether oxygens (including phenoxy) is 1. The number of pyridine rings is 1. The van der Waals surface area contributed by atoms with E-state index in [1.807, 2.05) is 50.2 Å². The number of nitrogen functional groups attached to an aromatic ring is 1. The highest BCUT2D eigenvalue weighted by Gasteiger charge is 2.22. The number of aromatic amines is 1. The summed E-state index contributed by atoms with van der Waals surface area (Å²) in [5.74, 6) is 0.768. The van der Waals surface area contributed by atoms with E-state index in [0.29, 0.717) is 25.1 Å². The molecule has 5 heteroatoms. The number of hydrogen-bond acceptors (Lipinski definition) is 4. The Morgan fingerprint density at radius 1 is 1.12 bits per heavy atom. The highest BCUT2D eigenvalue weighted by molar-refractivity contribution is 5.80. The molecule has 0 aliphatic rings. The highest BCUT2D eigenvalue weighted by atomic mass is 16.5. The van der Waals surface area contributed by atoms with Gasteiger partial charge in [-0.25, -0.2) is 0 Å². The van der Waals surface area contributed by atoms with Crippen LogP contribution in [0.2, 0.25) is 0 Å². The molecule has 5 nitrogen and oxygen atoms in total. The molecule has 3 rings (SSSR count). The fourth-order valence-corrected chi connectivity index (χ4v) is 2.95. The number of anilines is 1. The van der Waals surface area contributed by atoms with Gasteiger partial charge in [0.15, 0.2) is 0 Å².